The van der Waals surface area contributed by atoms with Gasteiger partial charge in [0.2, 0.25) is 0 Å². The number of fused-ring (bicyclic) bond motifs is 3. The maximum atomic E-state index is 3.62. The quantitative estimate of drug-likeness (QED) is 0.248. The molecule has 0 atom stereocenters. The second-order valence-electron chi connectivity index (χ2n) is 11.5. The highest BCUT2D eigenvalue weighted by molar-refractivity contribution is 9.10. The van der Waals surface area contributed by atoms with E-state index in [1.54, 1.807) is 11.1 Å². The Kier molecular flexibility index (Phi) is 4.36. The summed E-state index contributed by atoms with van der Waals surface area (Å²) in [4.78, 5) is 0. The molecular formula is C34H29Br. The molecule has 1 heteroatoms. The largest absolute Gasteiger partial charge is 0.0619 e. The normalized spacial score (nSPS) is 29.4. The lowest BCUT2D eigenvalue weighted by atomic mass is 9.43. The van der Waals surface area contributed by atoms with Gasteiger partial charge in [-0.25, -0.2) is 0 Å². The van der Waals surface area contributed by atoms with Crippen molar-refractivity contribution < 1.29 is 0 Å². The van der Waals surface area contributed by atoms with E-state index in [9.17, 15) is 0 Å². The molecule has 0 heterocycles. The summed E-state index contributed by atoms with van der Waals surface area (Å²) in [5.74, 6) is 3.59. The van der Waals surface area contributed by atoms with Crippen molar-refractivity contribution in [2.24, 2.45) is 23.7 Å². The highest BCUT2D eigenvalue weighted by atomic mass is 79.9. The molecule has 0 unspecified atom stereocenters. The van der Waals surface area contributed by atoms with Gasteiger partial charge >= 0.3 is 0 Å². The average molecular weight is 518 g/mol. The van der Waals surface area contributed by atoms with Crippen molar-refractivity contribution in [3.05, 3.63) is 107 Å². The Morgan fingerprint density at radius 3 is 1.91 bits per heavy atom. The van der Waals surface area contributed by atoms with E-state index < -0.39 is 0 Å². The van der Waals surface area contributed by atoms with Crippen LogP contribution in [0.4, 0.5) is 0 Å². The van der Waals surface area contributed by atoms with Crippen molar-refractivity contribution in [2.75, 3.05) is 0 Å². The van der Waals surface area contributed by atoms with Gasteiger partial charge in [-0.15, -0.1) is 0 Å². The number of hydrogen-bond acceptors (Lipinski definition) is 0. The van der Waals surface area contributed by atoms with E-state index in [1.165, 1.54) is 65.5 Å². The van der Waals surface area contributed by atoms with E-state index in [2.05, 4.69) is 107 Å². The Hall–Kier alpha value is -2.64. The molecule has 5 aliphatic carbocycles. The van der Waals surface area contributed by atoms with Crippen LogP contribution in [0, 0.1) is 23.7 Å². The smallest absolute Gasteiger partial charge is 0.0272 e. The minimum Gasteiger partial charge on any atom is -0.0619 e. The summed E-state index contributed by atoms with van der Waals surface area (Å²) in [5.41, 5.74) is 11.8. The first kappa shape index (κ1) is 20.5. The average Bonchev–Trinajstić information content (AvgIpc) is 3.18. The molecule has 0 saturated heterocycles. The molecule has 172 valence electrons. The molecule has 0 aromatic heterocycles. The fourth-order valence-corrected chi connectivity index (χ4v) is 9.35. The van der Waals surface area contributed by atoms with Crippen molar-refractivity contribution in [3.63, 3.8) is 0 Å². The Bertz CT molecular complexity index is 1430. The van der Waals surface area contributed by atoms with Crippen LogP contribution in [0.2, 0.25) is 0 Å². The standard InChI is InChI=1S/C34H29Br/c35-28-6-3-5-25(20-28)23-11-13-24(14-12-23)29-8-4-10-32-33(29)30-7-1-2-9-31(30)34(32)26-16-21-15-22(18-26)19-27(34)17-21/h1-14,20-22,26-27H,15-19H2. The third kappa shape index (κ3) is 2.79. The molecule has 4 aromatic rings. The topological polar surface area (TPSA) is 0 Å². The van der Waals surface area contributed by atoms with E-state index in [0.717, 1.165) is 28.1 Å². The lowest BCUT2D eigenvalue weighted by Gasteiger charge is -2.61. The van der Waals surface area contributed by atoms with Gasteiger partial charge in [0, 0.05) is 9.89 Å². The van der Waals surface area contributed by atoms with Crippen LogP contribution in [0.25, 0.3) is 33.4 Å². The Labute approximate surface area is 216 Å². The summed E-state index contributed by atoms with van der Waals surface area (Å²) >= 11 is 3.62. The molecule has 0 amide bonds. The van der Waals surface area contributed by atoms with Crippen LogP contribution in [0.3, 0.4) is 0 Å². The lowest BCUT2D eigenvalue weighted by molar-refractivity contribution is -0.0399. The van der Waals surface area contributed by atoms with E-state index in [4.69, 9.17) is 0 Å². The van der Waals surface area contributed by atoms with Gasteiger partial charge in [-0.2, -0.15) is 0 Å². The number of halogens is 1. The SMILES string of the molecule is Brc1cccc(-c2ccc(-c3cccc4c3-c3ccccc3C43C4CC5CC(C4)CC3C5)cc2)c1. The molecule has 0 N–H and O–H groups in total. The first-order chi connectivity index (χ1) is 17.2. The molecule has 4 aromatic carbocycles. The minimum absolute atomic E-state index is 0.242. The molecular weight excluding hydrogens is 488 g/mol. The molecule has 1 spiro atoms. The highest BCUT2D eigenvalue weighted by Gasteiger charge is 2.61. The first-order valence-electron chi connectivity index (χ1n) is 13.3. The van der Waals surface area contributed by atoms with Crippen molar-refractivity contribution in [1.29, 1.82) is 0 Å². The third-order valence-electron chi connectivity index (χ3n) is 9.93. The van der Waals surface area contributed by atoms with Crippen molar-refractivity contribution in [2.45, 2.75) is 37.5 Å². The highest BCUT2D eigenvalue weighted by Crippen LogP contribution is 2.69. The van der Waals surface area contributed by atoms with E-state index in [0.29, 0.717) is 0 Å². The van der Waals surface area contributed by atoms with Crippen LogP contribution in [-0.4, -0.2) is 0 Å². The van der Waals surface area contributed by atoms with Crippen LogP contribution in [0.15, 0.2) is 95.5 Å². The van der Waals surface area contributed by atoms with E-state index in [1.807, 2.05) is 0 Å². The monoisotopic (exact) mass is 516 g/mol. The fraction of sp³-hybridized carbons (Fsp3) is 0.294. The molecule has 4 bridgehead atoms. The number of hydrogen-bond donors (Lipinski definition) is 0. The molecule has 0 nitrogen and oxygen atoms in total. The second-order valence-corrected chi connectivity index (χ2v) is 12.5. The zero-order chi connectivity index (χ0) is 23.1. The zero-order valence-electron chi connectivity index (χ0n) is 19.9. The minimum atomic E-state index is 0.242. The molecule has 5 aliphatic rings. The maximum Gasteiger partial charge on any atom is 0.0272 e. The van der Waals surface area contributed by atoms with Gasteiger partial charge in [0.05, 0.1) is 0 Å². The van der Waals surface area contributed by atoms with Crippen LogP contribution < -0.4 is 0 Å². The number of benzene rings is 4. The fourth-order valence-electron chi connectivity index (χ4n) is 8.95. The third-order valence-corrected chi connectivity index (χ3v) is 10.4. The van der Waals surface area contributed by atoms with Gasteiger partial charge in [-0.1, -0.05) is 94.8 Å². The van der Waals surface area contributed by atoms with E-state index in [-0.39, 0.29) is 5.41 Å². The summed E-state index contributed by atoms with van der Waals surface area (Å²) in [6.45, 7) is 0. The summed E-state index contributed by atoms with van der Waals surface area (Å²) in [6, 6.07) is 34.5. The van der Waals surface area contributed by atoms with Gasteiger partial charge in [0.15, 0.2) is 0 Å². The van der Waals surface area contributed by atoms with Crippen LogP contribution in [0.5, 0.6) is 0 Å². The van der Waals surface area contributed by atoms with Crippen LogP contribution >= 0.6 is 15.9 Å². The molecule has 9 rings (SSSR count). The van der Waals surface area contributed by atoms with Gasteiger partial charge in [-0.3, -0.25) is 0 Å². The Morgan fingerprint density at radius 2 is 1.17 bits per heavy atom. The molecule has 4 saturated carbocycles. The summed E-state index contributed by atoms with van der Waals surface area (Å²) in [5, 5.41) is 0. The number of rotatable bonds is 2. The van der Waals surface area contributed by atoms with Gasteiger partial charge < -0.3 is 0 Å². The second kappa shape index (κ2) is 7.43. The maximum absolute atomic E-state index is 3.62. The summed E-state index contributed by atoms with van der Waals surface area (Å²) in [6.07, 6.45) is 7.25. The molecule has 35 heavy (non-hydrogen) atoms. The predicted octanol–water partition coefficient (Wildman–Crippen LogP) is 9.51. The van der Waals surface area contributed by atoms with E-state index >= 15 is 0 Å². The molecule has 0 aliphatic heterocycles. The predicted molar refractivity (Wildman–Crippen MR) is 148 cm³/mol. The molecule has 4 fully saturated rings. The lowest BCUT2D eigenvalue weighted by Crippen LogP contribution is -2.55. The summed E-state index contributed by atoms with van der Waals surface area (Å²) in [7, 11) is 0. The first-order valence-corrected chi connectivity index (χ1v) is 14.1. The van der Waals surface area contributed by atoms with Crippen molar-refractivity contribution >= 4 is 15.9 Å². The van der Waals surface area contributed by atoms with Crippen molar-refractivity contribution in [1.82, 2.24) is 0 Å². The Balaban J connectivity index is 1.30. The Morgan fingerprint density at radius 1 is 0.543 bits per heavy atom. The van der Waals surface area contributed by atoms with Crippen LogP contribution in [0.1, 0.15) is 43.2 Å². The van der Waals surface area contributed by atoms with Crippen molar-refractivity contribution in [3.8, 4) is 33.4 Å². The zero-order valence-corrected chi connectivity index (χ0v) is 21.5. The van der Waals surface area contributed by atoms with Gasteiger partial charge in [0.25, 0.3) is 0 Å². The van der Waals surface area contributed by atoms with Gasteiger partial charge in [0.1, 0.15) is 0 Å². The summed E-state index contributed by atoms with van der Waals surface area (Å²) < 4.78 is 1.12. The van der Waals surface area contributed by atoms with Crippen LogP contribution in [-0.2, 0) is 5.41 Å². The van der Waals surface area contributed by atoms with Gasteiger partial charge in [-0.05, 0) is 112 Å². The molecule has 0 radical (unpaired) electrons.